The van der Waals surface area contributed by atoms with Crippen molar-refractivity contribution in [3.8, 4) is 0 Å². The number of anilines is 2. The van der Waals surface area contributed by atoms with Crippen LogP contribution in [0.5, 0.6) is 0 Å². The SMILES string of the molecule is O=C(NCC(O)c1ccc(C(F)(F)F)cc1)C(=O)Nc1cc2c3c(c1)CCN3C(=O)CC2. The highest BCUT2D eigenvalue weighted by molar-refractivity contribution is 6.39. The number of rotatable bonds is 4. The molecule has 0 fully saturated rings. The summed E-state index contributed by atoms with van der Waals surface area (Å²) in [5.41, 5.74) is 2.53. The van der Waals surface area contributed by atoms with Gasteiger partial charge in [0.1, 0.15) is 0 Å². The molecule has 1 unspecified atom stereocenters. The quantitative estimate of drug-likeness (QED) is 0.627. The topological polar surface area (TPSA) is 98.7 Å². The highest BCUT2D eigenvalue weighted by Gasteiger charge is 2.32. The van der Waals surface area contributed by atoms with Crippen molar-refractivity contribution >= 4 is 29.1 Å². The van der Waals surface area contributed by atoms with Crippen molar-refractivity contribution in [2.24, 2.45) is 0 Å². The Bertz CT molecular complexity index is 1080. The van der Waals surface area contributed by atoms with Gasteiger partial charge in [0.05, 0.1) is 17.4 Å². The first-order chi connectivity index (χ1) is 15.1. The maximum Gasteiger partial charge on any atom is 0.416 e. The van der Waals surface area contributed by atoms with E-state index in [4.69, 9.17) is 0 Å². The van der Waals surface area contributed by atoms with E-state index in [1.165, 1.54) is 0 Å². The van der Waals surface area contributed by atoms with Crippen molar-refractivity contribution in [1.82, 2.24) is 5.32 Å². The van der Waals surface area contributed by atoms with Gasteiger partial charge in [0, 0.05) is 25.2 Å². The molecule has 0 aromatic heterocycles. The molecule has 0 bridgehead atoms. The normalized spacial score (nSPS) is 15.9. The van der Waals surface area contributed by atoms with E-state index < -0.39 is 29.7 Å². The fourth-order valence-electron chi connectivity index (χ4n) is 4.00. The first-order valence-electron chi connectivity index (χ1n) is 10.0. The second kappa shape index (κ2) is 8.27. The first-order valence-corrected chi connectivity index (χ1v) is 10.0. The lowest BCUT2D eigenvalue weighted by Gasteiger charge is -2.25. The van der Waals surface area contributed by atoms with Crippen LogP contribution in [0.25, 0.3) is 0 Å². The van der Waals surface area contributed by atoms with Gasteiger partial charge in [-0.2, -0.15) is 13.2 Å². The minimum Gasteiger partial charge on any atom is -0.387 e. The third-order valence-electron chi connectivity index (χ3n) is 5.59. The van der Waals surface area contributed by atoms with Crippen molar-refractivity contribution in [2.45, 2.75) is 31.5 Å². The second-order valence-electron chi connectivity index (χ2n) is 7.74. The Morgan fingerprint density at radius 1 is 1.03 bits per heavy atom. The van der Waals surface area contributed by atoms with E-state index in [1.807, 2.05) is 0 Å². The van der Waals surface area contributed by atoms with Crippen LogP contribution < -0.4 is 15.5 Å². The molecular weight excluding hydrogens is 427 g/mol. The number of alkyl halides is 3. The minimum absolute atomic E-state index is 0.0824. The maximum atomic E-state index is 12.6. The fourth-order valence-corrected chi connectivity index (χ4v) is 4.00. The second-order valence-corrected chi connectivity index (χ2v) is 7.74. The third kappa shape index (κ3) is 4.31. The number of benzene rings is 2. The Kier molecular flexibility index (Phi) is 5.64. The lowest BCUT2D eigenvalue weighted by molar-refractivity contribution is -0.137. The van der Waals surface area contributed by atoms with Crippen LogP contribution in [-0.2, 0) is 33.4 Å². The van der Waals surface area contributed by atoms with Gasteiger partial charge in [0.25, 0.3) is 0 Å². The Hall–Kier alpha value is -3.40. The number of aliphatic hydroxyl groups excluding tert-OH is 1. The number of aryl methyl sites for hydroxylation is 1. The molecule has 32 heavy (non-hydrogen) atoms. The molecule has 4 rings (SSSR count). The highest BCUT2D eigenvalue weighted by atomic mass is 19.4. The number of hydrogen-bond acceptors (Lipinski definition) is 4. The molecule has 3 N–H and O–H groups in total. The van der Waals surface area contributed by atoms with Gasteiger partial charge >= 0.3 is 18.0 Å². The van der Waals surface area contributed by atoms with Gasteiger partial charge in [-0.15, -0.1) is 0 Å². The molecule has 2 heterocycles. The van der Waals surface area contributed by atoms with E-state index in [2.05, 4.69) is 10.6 Å². The van der Waals surface area contributed by atoms with Crippen LogP contribution in [0.1, 0.15) is 34.8 Å². The van der Waals surface area contributed by atoms with Gasteiger partial charge in [-0.1, -0.05) is 12.1 Å². The van der Waals surface area contributed by atoms with E-state index in [-0.39, 0.29) is 18.0 Å². The zero-order chi connectivity index (χ0) is 23.0. The van der Waals surface area contributed by atoms with Crippen molar-refractivity contribution in [3.63, 3.8) is 0 Å². The largest absolute Gasteiger partial charge is 0.416 e. The molecule has 2 aliphatic heterocycles. The van der Waals surface area contributed by atoms with E-state index >= 15 is 0 Å². The number of carbonyl (C=O) groups excluding carboxylic acids is 3. The molecule has 0 aliphatic carbocycles. The average Bonchev–Trinajstić information content (AvgIpc) is 3.19. The molecule has 2 aromatic rings. The van der Waals surface area contributed by atoms with Crippen molar-refractivity contribution in [3.05, 3.63) is 58.7 Å². The summed E-state index contributed by atoms with van der Waals surface area (Å²) in [5.74, 6) is -1.83. The predicted molar refractivity (Wildman–Crippen MR) is 109 cm³/mol. The number of aliphatic hydroxyl groups is 1. The van der Waals surface area contributed by atoms with E-state index in [9.17, 15) is 32.7 Å². The van der Waals surface area contributed by atoms with Gasteiger partial charge in [-0.05, 0) is 53.8 Å². The molecule has 0 spiro atoms. The van der Waals surface area contributed by atoms with Crippen LogP contribution in [0.3, 0.4) is 0 Å². The summed E-state index contributed by atoms with van der Waals surface area (Å²) < 4.78 is 37.9. The molecule has 0 radical (unpaired) electrons. The van der Waals surface area contributed by atoms with Crippen LogP contribution in [0, 0.1) is 0 Å². The summed E-state index contributed by atoms with van der Waals surface area (Å²) in [4.78, 5) is 38.1. The number of halogens is 3. The molecule has 10 heteroatoms. The van der Waals surface area contributed by atoms with Crippen LogP contribution in [0.15, 0.2) is 36.4 Å². The van der Waals surface area contributed by atoms with Crippen molar-refractivity contribution < 1.29 is 32.7 Å². The predicted octanol–water partition coefficient (Wildman–Crippen LogP) is 2.33. The number of nitrogens with zero attached hydrogens (tertiary/aromatic N) is 1. The molecule has 7 nitrogen and oxygen atoms in total. The van der Waals surface area contributed by atoms with Gasteiger partial charge < -0.3 is 20.6 Å². The molecular formula is C22H20F3N3O4. The molecule has 0 saturated carbocycles. The molecule has 168 valence electrons. The monoisotopic (exact) mass is 447 g/mol. The first kappa shape index (κ1) is 21.8. The lowest BCUT2D eigenvalue weighted by atomic mass is 9.98. The molecule has 2 aliphatic rings. The van der Waals surface area contributed by atoms with Crippen molar-refractivity contribution in [1.29, 1.82) is 0 Å². The van der Waals surface area contributed by atoms with Crippen molar-refractivity contribution in [2.75, 3.05) is 23.3 Å². The number of hydrogen-bond donors (Lipinski definition) is 3. The number of nitrogens with one attached hydrogen (secondary N) is 2. The van der Waals surface area contributed by atoms with Crippen LogP contribution in [-0.4, -0.2) is 35.9 Å². The summed E-state index contributed by atoms with van der Waals surface area (Å²) in [6.07, 6.45) is -4.14. The summed E-state index contributed by atoms with van der Waals surface area (Å²) >= 11 is 0. The summed E-state index contributed by atoms with van der Waals surface area (Å²) in [6, 6.07) is 7.38. The van der Waals surface area contributed by atoms with E-state index in [1.54, 1.807) is 17.0 Å². The van der Waals surface area contributed by atoms with Gasteiger partial charge in [0.15, 0.2) is 0 Å². The Balaban J connectivity index is 1.35. The lowest BCUT2D eigenvalue weighted by Crippen LogP contribution is -2.37. The Labute approximate surface area is 181 Å². The van der Waals surface area contributed by atoms with Gasteiger partial charge in [-0.3, -0.25) is 14.4 Å². The standard InChI is InChI=1S/C22H20F3N3O4/c23-22(24,25)15-4-1-12(2-5-15)17(29)11-26-20(31)21(32)27-16-9-13-3-6-18(30)28-8-7-14(10-16)19(13)28/h1-2,4-5,9-10,17,29H,3,6-8,11H2,(H,26,31)(H,27,32). The molecule has 2 aromatic carbocycles. The molecule has 1 atom stereocenters. The zero-order valence-electron chi connectivity index (χ0n) is 16.8. The summed E-state index contributed by atoms with van der Waals surface area (Å²) in [6.45, 7) is 0.255. The summed E-state index contributed by atoms with van der Waals surface area (Å²) in [7, 11) is 0. The minimum atomic E-state index is -4.49. The molecule has 3 amide bonds. The average molecular weight is 447 g/mol. The third-order valence-corrected chi connectivity index (χ3v) is 5.59. The summed E-state index contributed by atoms with van der Waals surface area (Å²) in [5, 5.41) is 14.9. The fraction of sp³-hybridized carbons (Fsp3) is 0.318. The number of carbonyl (C=O) groups is 3. The smallest absolute Gasteiger partial charge is 0.387 e. The zero-order valence-corrected chi connectivity index (χ0v) is 16.8. The van der Waals surface area contributed by atoms with Gasteiger partial charge in [-0.25, -0.2) is 0 Å². The number of amides is 3. The van der Waals surface area contributed by atoms with Crippen LogP contribution in [0.4, 0.5) is 24.5 Å². The van der Waals surface area contributed by atoms with E-state index in [0.717, 1.165) is 41.1 Å². The van der Waals surface area contributed by atoms with E-state index in [0.29, 0.717) is 31.5 Å². The Morgan fingerprint density at radius 2 is 1.69 bits per heavy atom. The Morgan fingerprint density at radius 3 is 2.34 bits per heavy atom. The molecule has 0 saturated heterocycles. The van der Waals surface area contributed by atoms with Crippen LogP contribution in [0.2, 0.25) is 0 Å². The highest BCUT2D eigenvalue weighted by Crippen LogP contribution is 2.38. The van der Waals surface area contributed by atoms with Crippen LogP contribution >= 0.6 is 0 Å². The maximum absolute atomic E-state index is 12.6. The van der Waals surface area contributed by atoms with Gasteiger partial charge in [0.2, 0.25) is 5.91 Å².